The van der Waals surface area contributed by atoms with Gasteiger partial charge in [-0.15, -0.1) is 0 Å². The largest absolute Gasteiger partial charge is 0.331 e. The highest BCUT2D eigenvalue weighted by atomic mass is 19.1. The normalized spacial score (nSPS) is 19.1. The number of aryl methyl sites for hydroxylation is 2. The van der Waals surface area contributed by atoms with Crippen LogP contribution in [0.3, 0.4) is 0 Å². The molecule has 0 spiro atoms. The fraction of sp³-hybridized carbons (Fsp3) is 0.348. The van der Waals surface area contributed by atoms with E-state index in [1.807, 2.05) is 47.6 Å². The first-order valence-corrected chi connectivity index (χ1v) is 10.2. The zero-order valence-electron chi connectivity index (χ0n) is 17.0. The summed E-state index contributed by atoms with van der Waals surface area (Å²) in [5, 5.41) is 4.44. The van der Waals surface area contributed by atoms with Crippen molar-refractivity contribution in [3.63, 3.8) is 0 Å². The maximum Gasteiger partial charge on any atom is 0.142 e. The van der Waals surface area contributed by atoms with Gasteiger partial charge in [-0.1, -0.05) is 6.07 Å². The van der Waals surface area contributed by atoms with Crippen LogP contribution >= 0.6 is 0 Å². The molecule has 0 N–H and O–H groups in total. The number of hydrogen-bond acceptors (Lipinski definition) is 3. The van der Waals surface area contributed by atoms with Crippen molar-refractivity contribution in [3.05, 3.63) is 54.5 Å². The molecule has 0 bridgehead atoms. The SMILES string of the molecule is Cc1nc2cc(-c3ncc(F)cc3-c3cnn(CC4CC[C@H](F)C4)c3)ccc2n1C. The van der Waals surface area contributed by atoms with E-state index < -0.39 is 12.0 Å². The number of benzene rings is 1. The molecular weight excluding hydrogens is 384 g/mol. The van der Waals surface area contributed by atoms with Gasteiger partial charge >= 0.3 is 0 Å². The molecule has 154 valence electrons. The summed E-state index contributed by atoms with van der Waals surface area (Å²) in [5.74, 6) is 0.832. The second kappa shape index (κ2) is 7.31. The van der Waals surface area contributed by atoms with Gasteiger partial charge in [-0.3, -0.25) is 9.67 Å². The van der Waals surface area contributed by atoms with Crippen LogP contribution < -0.4 is 0 Å². The minimum atomic E-state index is -0.700. The molecule has 5 rings (SSSR count). The number of hydrogen-bond donors (Lipinski definition) is 0. The molecule has 30 heavy (non-hydrogen) atoms. The van der Waals surface area contributed by atoms with E-state index >= 15 is 0 Å². The summed E-state index contributed by atoms with van der Waals surface area (Å²) in [7, 11) is 1.98. The van der Waals surface area contributed by atoms with Gasteiger partial charge in [0.2, 0.25) is 0 Å². The quantitative estimate of drug-likeness (QED) is 0.474. The highest BCUT2D eigenvalue weighted by Gasteiger charge is 2.25. The molecule has 1 aliphatic carbocycles. The molecule has 0 saturated heterocycles. The fourth-order valence-electron chi connectivity index (χ4n) is 4.40. The maximum absolute atomic E-state index is 14.1. The Hall–Kier alpha value is -3.09. The molecule has 1 aliphatic rings. The minimum absolute atomic E-state index is 0.299. The van der Waals surface area contributed by atoms with Crippen molar-refractivity contribution in [2.24, 2.45) is 13.0 Å². The number of nitrogens with zero attached hydrogens (tertiary/aromatic N) is 5. The average Bonchev–Trinajstić information content (AvgIpc) is 3.42. The summed E-state index contributed by atoms with van der Waals surface area (Å²) in [4.78, 5) is 8.99. The van der Waals surface area contributed by atoms with E-state index in [0.717, 1.165) is 34.4 Å². The third kappa shape index (κ3) is 3.38. The lowest BCUT2D eigenvalue weighted by Gasteiger charge is -2.09. The molecule has 5 nitrogen and oxygen atoms in total. The summed E-state index contributed by atoms with van der Waals surface area (Å²) in [6.07, 6.45) is 6.26. The van der Waals surface area contributed by atoms with E-state index in [9.17, 15) is 8.78 Å². The Balaban J connectivity index is 1.52. The molecule has 1 unspecified atom stereocenters. The lowest BCUT2D eigenvalue weighted by atomic mass is 10.0. The van der Waals surface area contributed by atoms with Crippen LogP contribution in [0, 0.1) is 18.7 Å². The molecule has 1 aromatic carbocycles. The van der Waals surface area contributed by atoms with Gasteiger partial charge in [-0.05, 0) is 50.3 Å². The zero-order chi connectivity index (χ0) is 20.8. The third-order valence-corrected chi connectivity index (χ3v) is 6.10. The second-order valence-electron chi connectivity index (χ2n) is 8.20. The maximum atomic E-state index is 14.1. The van der Waals surface area contributed by atoms with Crippen molar-refractivity contribution in [3.8, 4) is 22.4 Å². The highest BCUT2D eigenvalue weighted by molar-refractivity contribution is 5.86. The molecule has 1 fully saturated rings. The first-order chi connectivity index (χ1) is 14.5. The van der Waals surface area contributed by atoms with Crippen molar-refractivity contribution in [1.82, 2.24) is 24.3 Å². The van der Waals surface area contributed by atoms with Gasteiger partial charge in [-0.25, -0.2) is 13.8 Å². The van der Waals surface area contributed by atoms with Gasteiger partial charge in [0.05, 0.1) is 29.1 Å². The molecule has 3 aromatic heterocycles. The van der Waals surface area contributed by atoms with Crippen LogP contribution in [0.15, 0.2) is 42.9 Å². The predicted molar refractivity (Wildman–Crippen MR) is 112 cm³/mol. The van der Waals surface area contributed by atoms with Crippen molar-refractivity contribution >= 4 is 11.0 Å². The summed E-state index contributed by atoms with van der Waals surface area (Å²) in [6.45, 7) is 2.64. The number of imidazole rings is 1. The Morgan fingerprint density at radius 2 is 2.00 bits per heavy atom. The molecule has 0 radical (unpaired) electrons. The molecule has 4 aromatic rings. The first-order valence-electron chi connectivity index (χ1n) is 10.2. The number of fused-ring (bicyclic) bond motifs is 1. The van der Waals surface area contributed by atoms with Crippen LogP contribution in [0.4, 0.5) is 8.78 Å². The number of pyridine rings is 1. The van der Waals surface area contributed by atoms with E-state index in [1.54, 1.807) is 6.20 Å². The Bertz CT molecular complexity index is 1230. The van der Waals surface area contributed by atoms with Crippen LogP contribution in [-0.4, -0.2) is 30.5 Å². The lowest BCUT2D eigenvalue weighted by molar-refractivity contribution is 0.320. The fourth-order valence-corrected chi connectivity index (χ4v) is 4.40. The van der Waals surface area contributed by atoms with Crippen LogP contribution in [0.2, 0.25) is 0 Å². The molecule has 3 heterocycles. The molecular formula is C23H23F2N5. The molecule has 7 heteroatoms. The molecule has 1 saturated carbocycles. The topological polar surface area (TPSA) is 48.5 Å². The van der Waals surface area contributed by atoms with E-state index in [4.69, 9.17) is 0 Å². The summed E-state index contributed by atoms with van der Waals surface area (Å²) in [5.41, 5.74) is 4.95. The van der Waals surface area contributed by atoms with E-state index in [0.29, 0.717) is 36.6 Å². The van der Waals surface area contributed by atoms with Gasteiger partial charge in [-0.2, -0.15) is 5.10 Å². The van der Waals surface area contributed by atoms with Crippen LogP contribution in [0.25, 0.3) is 33.4 Å². The van der Waals surface area contributed by atoms with Crippen LogP contribution in [0.1, 0.15) is 25.1 Å². The van der Waals surface area contributed by atoms with Gasteiger partial charge in [0, 0.05) is 36.5 Å². The third-order valence-electron chi connectivity index (χ3n) is 6.10. The minimum Gasteiger partial charge on any atom is -0.331 e. The van der Waals surface area contributed by atoms with E-state index in [1.165, 1.54) is 12.3 Å². The van der Waals surface area contributed by atoms with E-state index in [-0.39, 0.29) is 0 Å². The summed E-state index contributed by atoms with van der Waals surface area (Å²) >= 11 is 0. The monoisotopic (exact) mass is 407 g/mol. The number of alkyl halides is 1. The Labute approximate surface area is 173 Å². The smallest absolute Gasteiger partial charge is 0.142 e. The molecule has 0 amide bonds. The van der Waals surface area contributed by atoms with Crippen LogP contribution in [-0.2, 0) is 13.6 Å². The summed E-state index contributed by atoms with van der Waals surface area (Å²) in [6, 6.07) is 7.47. The predicted octanol–water partition coefficient (Wildman–Crippen LogP) is 5.08. The first kappa shape index (κ1) is 18.9. The molecule has 2 atom stereocenters. The Morgan fingerprint density at radius 3 is 2.80 bits per heavy atom. The van der Waals surface area contributed by atoms with Gasteiger partial charge in [0.1, 0.15) is 17.8 Å². The number of halogens is 2. The standard InChI is InChI=1S/C23H23F2N5/c1-14-28-21-8-16(4-6-22(21)29(14)2)23-20(9-19(25)11-26-23)17-10-27-30(13-17)12-15-3-5-18(24)7-15/h4,6,8-11,13,15,18H,3,5,7,12H2,1-2H3/t15?,18-/m0/s1. The van der Waals surface area contributed by atoms with Crippen molar-refractivity contribution in [2.75, 3.05) is 0 Å². The molecule has 0 aliphatic heterocycles. The van der Waals surface area contributed by atoms with Crippen molar-refractivity contribution in [1.29, 1.82) is 0 Å². The van der Waals surface area contributed by atoms with Gasteiger partial charge in [0.25, 0.3) is 0 Å². The number of aromatic nitrogens is 5. The van der Waals surface area contributed by atoms with Gasteiger partial charge in [0.15, 0.2) is 0 Å². The average molecular weight is 407 g/mol. The van der Waals surface area contributed by atoms with Crippen molar-refractivity contribution in [2.45, 2.75) is 38.9 Å². The lowest BCUT2D eigenvalue weighted by Crippen LogP contribution is -2.08. The zero-order valence-corrected chi connectivity index (χ0v) is 17.0. The van der Waals surface area contributed by atoms with Crippen molar-refractivity contribution < 1.29 is 8.78 Å². The number of rotatable bonds is 4. The Kier molecular flexibility index (Phi) is 4.60. The second-order valence-corrected chi connectivity index (χ2v) is 8.20. The van der Waals surface area contributed by atoms with E-state index in [2.05, 4.69) is 15.1 Å². The van der Waals surface area contributed by atoms with Gasteiger partial charge < -0.3 is 4.57 Å². The Morgan fingerprint density at radius 1 is 1.13 bits per heavy atom. The summed E-state index contributed by atoms with van der Waals surface area (Å²) < 4.78 is 31.4. The van der Waals surface area contributed by atoms with Crippen LogP contribution in [0.5, 0.6) is 0 Å². The highest BCUT2D eigenvalue weighted by Crippen LogP contribution is 2.33.